The largest absolute Gasteiger partial charge is 0.434 e. The monoisotopic (exact) mass is 242 g/mol. The van der Waals surface area contributed by atoms with Gasteiger partial charge in [0.15, 0.2) is 0 Å². The van der Waals surface area contributed by atoms with Crippen molar-refractivity contribution >= 4 is 0 Å². The molecule has 1 aliphatic carbocycles. The van der Waals surface area contributed by atoms with Crippen molar-refractivity contribution in [3.8, 4) is 5.75 Å². The van der Waals surface area contributed by atoms with Gasteiger partial charge in [-0.2, -0.15) is 8.78 Å². The van der Waals surface area contributed by atoms with Gasteiger partial charge in [-0.05, 0) is 25.3 Å². The first kappa shape index (κ1) is 12.3. The molecule has 0 bridgehead atoms. The topological polar surface area (TPSA) is 29.5 Å². The predicted molar refractivity (Wildman–Crippen MR) is 60.4 cm³/mol. The molecule has 2 nitrogen and oxygen atoms in total. The molecule has 0 amide bonds. The molecular formula is C13H16F2O2. The number of ether oxygens (including phenoxy) is 1. The molecule has 1 saturated carbocycles. The van der Waals surface area contributed by atoms with E-state index in [1.807, 2.05) is 6.07 Å². The van der Waals surface area contributed by atoms with Crippen LogP contribution in [0, 0.1) is 6.92 Å². The van der Waals surface area contributed by atoms with Gasteiger partial charge in [-0.25, -0.2) is 0 Å². The van der Waals surface area contributed by atoms with Gasteiger partial charge in [0.25, 0.3) is 0 Å². The molecule has 0 aromatic heterocycles. The van der Waals surface area contributed by atoms with Crippen LogP contribution in [-0.4, -0.2) is 18.3 Å². The van der Waals surface area contributed by atoms with E-state index in [-0.39, 0.29) is 17.8 Å². The van der Waals surface area contributed by atoms with Crippen LogP contribution in [0.25, 0.3) is 0 Å². The van der Waals surface area contributed by atoms with E-state index in [4.69, 9.17) is 0 Å². The van der Waals surface area contributed by atoms with Gasteiger partial charge >= 0.3 is 6.61 Å². The Morgan fingerprint density at radius 2 is 2.12 bits per heavy atom. The van der Waals surface area contributed by atoms with Gasteiger partial charge in [0, 0.05) is 11.0 Å². The lowest BCUT2D eigenvalue weighted by molar-refractivity contribution is -0.0525. The summed E-state index contributed by atoms with van der Waals surface area (Å²) in [5.74, 6) is 0.233. The number of hydrogen-bond donors (Lipinski definition) is 1. The summed E-state index contributed by atoms with van der Waals surface area (Å²) in [6, 6.07) is 5.34. The minimum Gasteiger partial charge on any atom is -0.434 e. The van der Waals surface area contributed by atoms with Crippen molar-refractivity contribution in [2.75, 3.05) is 6.61 Å². The normalized spacial score (nSPS) is 17.9. The van der Waals surface area contributed by atoms with E-state index >= 15 is 0 Å². The van der Waals surface area contributed by atoms with Crippen molar-refractivity contribution < 1.29 is 18.6 Å². The first-order valence-electron chi connectivity index (χ1n) is 5.75. The molecule has 1 aromatic carbocycles. The second-order valence-electron chi connectivity index (χ2n) is 4.62. The molecule has 0 saturated heterocycles. The molecule has 0 atom stereocenters. The summed E-state index contributed by atoms with van der Waals surface area (Å²) in [5.41, 5.74) is 1.02. The first-order valence-corrected chi connectivity index (χ1v) is 5.75. The Labute approximate surface area is 99.2 Å². The maximum absolute atomic E-state index is 12.4. The fraction of sp³-hybridized carbons (Fsp3) is 0.538. The third kappa shape index (κ3) is 2.14. The van der Waals surface area contributed by atoms with Crippen LogP contribution < -0.4 is 4.74 Å². The Balaban J connectivity index is 2.42. The number of alkyl halides is 2. The van der Waals surface area contributed by atoms with E-state index in [1.165, 1.54) is 0 Å². The molecule has 1 N–H and O–H groups in total. The molecule has 2 rings (SSSR count). The molecule has 17 heavy (non-hydrogen) atoms. The maximum Gasteiger partial charge on any atom is 0.387 e. The van der Waals surface area contributed by atoms with E-state index < -0.39 is 6.61 Å². The summed E-state index contributed by atoms with van der Waals surface area (Å²) in [6.45, 7) is -1.10. The molecule has 0 spiro atoms. The highest BCUT2D eigenvalue weighted by molar-refractivity contribution is 5.46. The van der Waals surface area contributed by atoms with Crippen molar-refractivity contribution in [3.05, 3.63) is 29.3 Å². The molecule has 0 heterocycles. The molecule has 0 unspecified atom stereocenters. The minimum absolute atomic E-state index is 0.0178. The Hall–Kier alpha value is -1.16. The van der Waals surface area contributed by atoms with Crippen LogP contribution >= 0.6 is 0 Å². The third-order valence-corrected chi connectivity index (χ3v) is 3.60. The number of hydrogen-bond acceptors (Lipinski definition) is 2. The maximum atomic E-state index is 12.4. The SMILES string of the molecule is Cc1cccc(C2(CO)CCC2)c1OC(F)F. The fourth-order valence-corrected chi connectivity index (χ4v) is 2.43. The molecule has 1 aliphatic rings. The van der Waals surface area contributed by atoms with Gasteiger partial charge in [-0.3, -0.25) is 0 Å². The summed E-state index contributed by atoms with van der Waals surface area (Å²) < 4.78 is 29.4. The van der Waals surface area contributed by atoms with Crippen molar-refractivity contribution in [1.29, 1.82) is 0 Å². The second kappa shape index (κ2) is 4.61. The summed E-state index contributed by atoms with van der Waals surface area (Å²) >= 11 is 0. The zero-order chi connectivity index (χ0) is 12.5. The Bertz CT molecular complexity index is 395. The highest BCUT2D eigenvalue weighted by Crippen LogP contribution is 2.47. The summed E-state index contributed by atoms with van der Waals surface area (Å²) in [6.07, 6.45) is 2.67. The van der Waals surface area contributed by atoms with E-state index in [0.717, 1.165) is 19.3 Å². The highest BCUT2D eigenvalue weighted by atomic mass is 19.3. The van der Waals surface area contributed by atoms with E-state index in [0.29, 0.717) is 11.1 Å². The number of benzene rings is 1. The van der Waals surface area contributed by atoms with Gasteiger partial charge in [0.05, 0.1) is 6.61 Å². The minimum atomic E-state index is -2.83. The molecule has 0 aliphatic heterocycles. The van der Waals surface area contributed by atoms with Gasteiger partial charge in [0.2, 0.25) is 0 Å². The van der Waals surface area contributed by atoms with Gasteiger partial charge in [-0.15, -0.1) is 0 Å². The standard InChI is InChI=1S/C13H16F2O2/c1-9-4-2-5-10(11(9)17-12(14)15)13(8-16)6-3-7-13/h2,4-5,12,16H,3,6-8H2,1H3. The number of para-hydroxylation sites is 1. The number of aryl methyl sites for hydroxylation is 1. The lowest BCUT2D eigenvalue weighted by atomic mass is 9.64. The number of rotatable bonds is 4. The van der Waals surface area contributed by atoms with Crippen LogP contribution in [-0.2, 0) is 5.41 Å². The summed E-state index contributed by atoms with van der Waals surface area (Å²) in [7, 11) is 0. The Morgan fingerprint density at radius 1 is 1.41 bits per heavy atom. The molecule has 1 fully saturated rings. The molecular weight excluding hydrogens is 226 g/mol. The number of halogens is 2. The smallest absolute Gasteiger partial charge is 0.387 e. The van der Waals surface area contributed by atoms with Crippen molar-refractivity contribution in [1.82, 2.24) is 0 Å². The van der Waals surface area contributed by atoms with Crippen LogP contribution in [0.15, 0.2) is 18.2 Å². The van der Waals surface area contributed by atoms with E-state index in [1.54, 1.807) is 19.1 Å². The lowest BCUT2D eigenvalue weighted by Gasteiger charge is -2.41. The number of aliphatic hydroxyl groups is 1. The van der Waals surface area contributed by atoms with Gasteiger partial charge in [0.1, 0.15) is 5.75 Å². The molecule has 4 heteroatoms. The van der Waals surface area contributed by atoms with E-state index in [2.05, 4.69) is 4.74 Å². The van der Waals surface area contributed by atoms with E-state index in [9.17, 15) is 13.9 Å². The van der Waals surface area contributed by atoms with Crippen molar-refractivity contribution in [2.24, 2.45) is 0 Å². The average Bonchev–Trinajstić information content (AvgIpc) is 2.21. The number of aliphatic hydroxyl groups excluding tert-OH is 1. The molecule has 0 radical (unpaired) electrons. The van der Waals surface area contributed by atoms with Gasteiger partial charge in [-0.1, -0.05) is 24.6 Å². The van der Waals surface area contributed by atoms with Crippen LogP contribution in [0.4, 0.5) is 8.78 Å². The molecule has 1 aromatic rings. The Kier molecular flexibility index (Phi) is 3.33. The third-order valence-electron chi connectivity index (χ3n) is 3.60. The first-order chi connectivity index (χ1) is 8.09. The zero-order valence-corrected chi connectivity index (χ0v) is 9.75. The highest BCUT2D eigenvalue weighted by Gasteiger charge is 2.40. The Morgan fingerprint density at radius 3 is 2.59 bits per heavy atom. The van der Waals surface area contributed by atoms with Crippen LogP contribution in [0.3, 0.4) is 0 Å². The second-order valence-corrected chi connectivity index (χ2v) is 4.62. The van der Waals surface area contributed by atoms with Crippen molar-refractivity contribution in [2.45, 2.75) is 38.2 Å². The quantitative estimate of drug-likeness (QED) is 0.879. The fourth-order valence-electron chi connectivity index (χ4n) is 2.43. The summed E-state index contributed by atoms with van der Waals surface area (Å²) in [5, 5.41) is 9.50. The lowest BCUT2D eigenvalue weighted by Crippen LogP contribution is -2.38. The summed E-state index contributed by atoms with van der Waals surface area (Å²) in [4.78, 5) is 0. The average molecular weight is 242 g/mol. The predicted octanol–water partition coefficient (Wildman–Crippen LogP) is 3.01. The zero-order valence-electron chi connectivity index (χ0n) is 9.75. The van der Waals surface area contributed by atoms with Crippen molar-refractivity contribution in [3.63, 3.8) is 0 Å². The van der Waals surface area contributed by atoms with Crippen LogP contribution in [0.2, 0.25) is 0 Å². The van der Waals surface area contributed by atoms with Crippen LogP contribution in [0.5, 0.6) is 5.75 Å². The molecule has 94 valence electrons. The van der Waals surface area contributed by atoms with Gasteiger partial charge < -0.3 is 9.84 Å². The van der Waals surface area contributed by atoms with Crippen LogP contribution in [0.1, 0.15) is 30.4 Å².